The molecule has 1 fully saturated rings. The number of aromatic nitrogens is 4. The lowest BCUT2D eigenvalue weighted by Gasteiger charge is -2.40. The maximum Gasteiger partial charge on any atom is 0.123 e. The summed E-state index contributed by atoms with van der Waals surface area (Å²) in [7, 11) is 0. The molecule has 1 aliphatic heterocycles. The van der Waals surface area contributed by atoms with Crippen molar-refractivity contribution in [1.82, 2.24) is 30.0 Å². The van der Waals surface area contributed by atoms with Crippen LogP contribution >= 0.6 is 0 Å². The Kier molecular flexibility index (Phi) is 6.51. The predicted molar refractivity (Wildman–Crippen MR) is 129 cm³/mol. The van der Waals surface area contributed by atoms with Crippen LogP contribution in [0.4, 0.5) is 4.39 Å². The van der Waals surface area contributed by atoms with Gasteiger partial charge in [0, 0.05) is 54.5 Å². The van der Waals surface area contributed by atoms with Crippen LogP contribution < -0.4 is 5.32 Å². The molecule has 2 aromatic carbocycles. The van der Waals surface area contributed by atoms with Gasteiger partial charge >= 0.3 is 0 Å². The quantitative estimate of drug-likeness (QED) is 0.428. The summed E-state index contributed by atoms with van der Waals surface area (Å²) in [4.78, 5) is 6.06. The second kappa shape index (κ2) is 9.85. The smallest absolute Gasteiger partial charge is 0.123 e. The van der Waals surface area contributed by atoms with E-state index in [-0.39, 0.29) is 5.82 Å². The average molecular weight is 447 g/mol. The van der Waals surface area contributed by atoms with E-state index in [4.69, 9.17) is 0 Å². The Morgan fingerprint density at radius 2 is 1.94 bits per heavy atom. The van der Waals surface area contributed by atoms with Crippen LogP contribution in [0.1, 0.15) is 30.9 Å². The van der Waals surface area contributed by atoms with Gasteiger partial charge in [0.2, 0.25) is 0 Å². The molecule has 6 nitrogen and oxygen atoms in total. The van der Waals surface area contributed by atoms with Crippen LogP contribution in [0.2, 0.25) is 0 Å². The molecule has 2 aromatic heterocycles. The predicted octanol–water partition coefficient (Wildman–Crippen LogP) is 4.12. The first-order valence-corrected chi connectivity index (χ1v) is 11.8. The van der Waals surface area contributed by atoms with E-state index in [9.17, 15) is 4.39 Å². The zero-order valence-corrected chi connectivity index (χ0v) is 19.0. The number of nitrogens with zero attached hydrogens (tertiary/aromatic N) is 4. The van der Waals surface area contributed by atoms with Crippen molar-refractivity contribution in [2.45, 2.75) is 44.7 Å². The van der Waals surface area contributed by atoms with Gasteiger partial charge in [-0.05, 0) is 74.1 Å². The van der Waals surface area contributed by atoms with Crippen molar-refractivity contribution in [3.05, 3.63) is 78.3 Å². The van der Waals surface area contributed by atoms with Crippen molar-refractivity contribution in [3.8, 4) is 5.69 Å². The van der Waals surface area contributed by atoms with Gasteiger partial charge in [-0.2, -0.15) is 0 Å². The topological polar surface area (TPSA) is 61.8 Å². The first-order valence-electron chi connectivity index (χ1n) is 11.8. The number of rotatable bonds is 8. The van der Waals surface area contributed by atoms with Crippen LogP contribution in [-0.4, -0.2) is 56.4 Å². The Balaban J connectivity index is 1.22. The summed E-state index contributed by atoms with van der Waals surface area (Å²) < 4.78 is 15.2. The minimum Gasteiger partial charge on any atom is -0.361 e. The number of nitrogens with one attached hydrogen (secondary N) is 2. The van der Waals surface area contributed by atoms with Gasteiger partial charge in [-0.1, -0.05) is 12.1 Å². The minimum absolute atomic E-state index is 0.169. The third-order valence-electron chi connectivity index (χ3n) is 6.86. The SMILES string of the molecule is CC(Cc1ccc(F)cc1)N1CCNCC1CCCc1c[nH]c2ccc(-n3cnnc3)cc12. The molecule has 0 aliphatic carbocycles. The van der Waals surface area contributed by atoms with Crippen LogP contribution in [0.15, 0.2) is 61.3 Å². The molecule has 0 spiro atoms. The van der Waals surface area contributed by atoms with Gasteiger partial charge in [0.1, 0.15) is 18.5 Å². The van der Waals surface area contributed by atoms with Crippen LogP contribution in [0.25, 0.3) is 16.6 Å². The molecule has 0 saturated carbocycles. The van der Waals surface area contributed by atoms with E-state index in [2.05, 4.69) is 56.7 Å². The van der Waals surface area contributed by atoms with Gasteiger partial charge < -0.3 is 10.3 Å². The van der Waals surface area contributed by atoms with E-state index in [1.54, 1.807) is 24.8 Å². The van der Waals surface area contributed by atoms with Crippen molar-refractivity contribution in [3.63, 3.8) is 0 Å². The van der Waals surface area contributed by atoms with Crippen molar-refractivity contribution < 1.29 is 4.39 Å². The minimum atomic E-state index is -0.169. The number of benzene rings is 2. The molecule has 0 bridgehead atoms. The zero-order valence-electron chi connectivity index (χ0n) is 19.0. The molecule has 0 amide bonds. The highest BCUT2D eigenvalue weighted by atomic mass is 19.1. The highest BCUT2D eigenvalue weighted by Crippen LogP contribution is 2.24. The number of fused-ring (bicyclic) bond motifs is 1. The summed E-state index contributed by atoms with van der Waals surface area (Å²) in [5.74, 6) is -0.169. The Hall–Kier alpha value is -3.03. The highest BCUT2D eigenvalue weighted by Gasteiger charge is 2.26. The number of hydrogen-bond donors (Lipinski definition) is 2. The van der Waals surface area contributed by atoms with Gasteiger partial charge in [0.15, 0.2) is 0 Å². The van der Waals surface area contributed by atoms with E-state index in [0.717, 1.165) is 56.5 Å². The maximum absolute atomic E-state index is 13.3. The molecule has 0 radical (unpaired) electrons. The number of aromatic amines is 1. The second-order valence-electron chi connectivity index (χ2n) is 9.08. The third kappa shape index (κ3) is 4.99. The molecule has 5 rings (SSSR count). The Bertz CT molecular complexity index is 1170. The molecule has 1 saturated heterocycles. The Labute approximate surface area is 193 Å². The highest BCUT2D eigenvalue weighted by molar-refractivity contribution is 5.85. The fourth-order valence-electron chi connectivity index (χ4n) is 5.10. The standard InChI is InChI=1S/C26H31FN6/c1-19(13-20-5-7-22(27)8-6-20)33-12-11-28-16-24(33)4-2-3-21-15-29-26-10-9-23(14-25(21)26)32-17-30-31-18-32/h5-10,14-15,17-19,24,28-29H,2-4,11-13,16H2,1H3. The third-order valence-corrected chi connectivity index (χ3v) is 6.86. The first-order chi connectivity index (χ1) is 16.2. The molecule has 3 heterocycles. The summed E-state index contributed by atoms with van der Waals surface area (Å²) >= 11 is 0. The summed E-state index contributed by atoms with van der Waals surface area (Å²) in [6, 6.07) is 14.3. The molecule has 7 heteroatoms. The number of halogens is 1. The van der Waals surface area contributed by atoms with Gasteiger partial charge in [-0.25, -0.2) is 4.39 Å². The zero-order chi connectivity index (χ0) is 22.6. The first kappa shape index (κ1) is 21.8. The summed E-state index contributed by atoms with van der Waals surface area (Å²) in [6.45, 7) is 5.41. The maximum atomic E-state index is 13.3. The van der Waals surface area contributed by atoms with Crippen molar-refractivity contribution in [2.24, 2.45) is 0 Å². The molecule has 2 atom stereocenters. The fraction of sp³-hybridized carbons (Fsp3) is 0.385. The lowest BCUT2D eigenvalue weighted by atomic mass is 9.98. The van der Waals surface area contributed by atoms with Crippen molar-refractivity contribution in [1.29, 1.82) is 0 Å². The number of piperazine rings is 1. The molecule has 4 aromatic rings. The largest absolute Gasteiger partial charge is 0.361 e. The van der Waals surface area contributed by atoms with Gasteiger partial charge in [-0.15, -0.1) is 10.2 Å². The number of hydrogen-bond acceptors (Lipinski definition) is 4. The molecule has 2 unspecified atom stereocenters. The van der Waals surface area contributed by atoms with Crippen LogP contribution in [0.5, 0.6) is 0 Å². The number of H-pyrrole nitrogens is 1. The summed E-state index contributed by atoms with van der Waals surface area (Å²) in [5.41, 5.74) is 4.79. The molecule has 33 heavy (non-hydrogen) atoms. The van der Waals surface area contributed by atoms with Crippen LogP contribution in [0, 0.1) is 5.82 Å². The van der Waals surface area contributed by atoms with Gasteiger partial charge in [0.25, 0.3) is 0 Å². The van der Waals surface area contributed by atoms with E-state index >= 15 is 0 Å². The van der Waals surface area contributed by atoms with E-state index in [0.29, 0.717) is 12.1 Å². The molecule has 1 aliphatic rings. The van der Waals surface area contributed by atoms with Crippen LogP contribution in [0.3, 0.4) is 0 Å². The van der Waals surface area contributed by atoms with Gasteiger partial charge in [0.05, 0.1) is 0 Å². The normalized spacial score (nSPS) is 18.1. The summed E-state index contributed by atoms with van der Waals surface area (Å²) in [6.07, 6.45) is 9.88. The van der Waals surface area contributed by atoms with Crippen molar-refractivity contribution >= 4 is 10.9 Å². The Morgan fingerprint density at radius 1 is 1.12 bits per heavy atom. The average Bonchev–Trinajstić information content (AvgIpc) is 3.51. The second-order valence-corrected chi connectivity index (χ2v) is 9.08. The fourth-order valence-corrected chi connectivity index (χ4v) is 5.10. The van der Waals surface area contributed by atoms with E-state index < -0.39 is 0 Å². The Morgan fingerprint density at radius 3 is 2.76 bits per heavy atom. The van der Waals surface area contributed by atoms with E-state index in [1.165, 1.54) is 16.5 Å². The molecular weight excluding hydrogens is 415 g/mol. The van der Waals surface area contributed by atoms with Crippen LogP contribution in [-0.2, 0) is 12.8 Å². The molecule has 2 N–H and O–H groups in total. The number of aryl methyl sites for hydroxylation is 1. The van der Waals surface area contributed by atoms with E-state index in [1.807, 2.05) is 16.7 Å². The molecular formula is C26H31FN6. The molecule has 172 valence electrons. The lowest BCUT2D eigenvalue weighted by molar-refractivity contribution is 0.107. The van der Waals surface area contributed by atoms with Crippen molar-refractivity contribution in [2.75, 3.05) is 19.6 Å². The summed E-state index contributed by atoms with van der Waals surface area (Å²) in [5, 5.41) is 12.7. The van der Waals surface area contributed by atoms with Gasteiger partial charge in [-0.3, -0.25) is 9.47 Å². The lowest BCUT2D eigenvalue weighted by Crippen LogP contribution is -2.54. The monoisotopic (exact) mass is 446 g/mol.